The van der Waals surface area contributed by atoms with Crippen LogP contribution in [0.2, 0.25) is 0 Å². The Kier molecular flexibility index (Phi) is 10.6. The van der Waals surface area contributed by atoms with E-state index in [1.807, 2.05) is 6.92 Å². The Morgan fingerprint density at radius 2 is 1.81 bits per heavy atom. The Hall–Kier alpha value is -4.58. The normalized spacial score (nSPS) is 14.9. The van der Waals surface area contributed by atoms with E-state index in [4.69, 9.17) is 14.5 Å². The van der Waals surface area contributed by atoms with Gasteiger partial charge in [0, 0.05) is 29.5 Å². The molecule has 12 heteroatoms. The molecule has 2 aliphatic rings. The van der Waals surface area contributed by atoms with Crippen molar-refractivity contribution in [2.45, 2.75) is 98.3 Å². The number of cyclic esters (lactones) is 1. The smallest absolute Gasteiger partial charge is 0.340 e. The molecule has 0 radical (unpaired) electrons. The van der Waals surface area contributed by atoms with E-state index in [9.17, 15) is 29.1 Å². The number of amides is 2. The van der Waals surface area contributed by atoms with Gasteiger partial charge in [0.25, 0.3) is 5.56 Å². The number of aromatic nitrogens is 2. The SMILES string of the molecule is CCCCCCCC(=O)NCC(=O)NCCC(C)(C)C(=O)Oc1ccc2nc3c(c(CC)c2c1)Cn1c-3cc2c(c1=O)COC(=O)C2O. The fraction of sp³-hybridized carbons (Fsp3) is 0.500. The number of aryl methyl sites for hydroxylation is 1. The van der Waals surface area contributed by atoms with Crippen molar-refractivity contribution in [3.05, 3.63) is 56.9 Å². The van der Waals surface area contributed by atoms with Crippen LogP contribution in [0.5, 0.6) is 5.75 Å². The highest BCUT2D eigenvalue weighted by Crippen LogP contribution is 2.39. The molecule has 1 aromatic carbocycles. The molecule has 3 aromatic rings. The highest BCUT2D eigenvalue weighted by atomic mass is 16.5. The lowest BCUT2D eigenvalue weighted by molar-refractivity contribution is -0.157. The first-order valence-corrected chi connectivity index (χ1v) is 16.8. The van der Waals surface area contributed by atoms with Crippen LogP contribution in [0.25, 0.3) is 22.3 Å². The number of hydrogen-bond acceptors (Lipinski definition) is 9. The number of nitrogens with one attached hydrogen (secondary N) is 2. The van der Waals surface area contributed by atoms with Crippen molar-refractivity contribution in [1.82, 2.24) is 20.2 Å². The minimum absolute atomic E-state index is 0.106. The van der Waals surface area contributed by atoms with Crippen molar-refractivity contribution in [3.8, 4) is 17.1 Å². The van der Waals surface area contributed by atoms with Crippen LogP contribution in [0.3, 0.4) is 0 Å². The Morgan fingerprint density at radius 3 is 2.56 bits per heavy atom. The molecule has 2 amide bonds. The van der Waals surface area contributed by atoms with E-state index < -0.39 is 23.5 Å². The third-order valence-electron chi connectivity index (χ3n) is 9.19. The summed E-state index contributed by atoms with van der Waals surface area (Å²) in [5.74, 6) is -1.36. The van der Waals surface area contributed by atoms with E-state index in [1.54, 1.807) is 42.7 Å². The van der Waals surface area contributed by atoms with Crippen LogP contribution in [0.15, 0.2) is 29.1 Å². The van der Waals surface area contributed by atoms with Crippen LogP contribution in [-0.4, -0.2) is 51.5 Å². The molecule has 3 N–H and O–H groups in total. The van der Waals surface area contributed by atoms with Crippen LogP contribution in [-0.2, 0) is 43.5 Å². The Balaban J connectivity index is 1.22. The van der Waals surface area contributed by atoms with Gasteiger partial charge in [-0.25, -0.2) is 9.78 Å². The van der Waals surface area contributed by atoms with Crippen LogP contribution < -0.4 is 20.9 Å². The monoisotopic (exact) mass is 660 g/mol. The van der Waals surface area contributed by atoms with E-state index in [0.717, 1.165) is 48.6 Å². The van der Waals surface area contributed by atoms with Gasteiger partial charge in [-0.3, -0.25) is 19.2 Å². The highest BCUT2D eigenvalue weighted by molar-refractivity contribution is 5.90. The molecule has 0 aliphatic carbocycles. The summed E-state index contributed by atoms with van der Waals surface area (Å²) in [6, 6.07) is 6.85. The van der Waals surface area contributed by atoms with Crippen molar-refractivity contribution >= 4 is 34.7 Å². The van der Waals surface area contributed by atoms with Gasteiger partial charge in [0.1, 0.15) is 12.4 Å². The summed E-state index contributed by atoms with van der Waals surface area (Å²) < 4.78 is 12.4. The average molecular weight is 661 g/mol. The van der Waals surface area contributed by atoms with Gasteiger partial charge in [-0.05, 0) is 62.9 Å². The van der Waals surface area contributed by atoms with Crippen LogP contribution in [0, 0.1) is 5.41 Å². The quantitative estimate of drug-likeness (QED) is 0.103. The largest absolute Gasteiger partial charge is 0.458 e. The molecule has 48 heavy (non-hydrogen) atoms. The van der Waals surface area contributed by atoms with E-state index in [-0.39, 0.29) is 54.7 Å². The molecule has 0 bridgehead atoms. The molecule has 4 heterocycles. The van der Waals surface area contributed by atoms with E-state index in [0.29, 0.717) is 41.9 Å². The first kappa shape index (κ1) is 34.7. The van der Waals surface area contributed by atoms with Crippen molar-refractivity contribution < 1.29 is 33.8 Å². The Morgan fingerprint density at radius 1 is 1.04 bits per heavy atom. The van der Waals surface area contributed by atoms with Gasteiger partial charge in [-0.15, -0.1) is 0 Å². The number of rotatable bonds is 14. The number of benzene rings is 1. The number of aliphatic hydroxyl groups excluding tert-OH is 1. The molecule has 0 spiro atoms. The lowest BCUT2D eigenvalue weighted by atomic mass is 9.89. The predicted molar refractivity (Wildman–Crippen MR) is 178 cm³/mol. The van der Waals surface area contributed by atoms with Crippen molar-refractivity contribution in [1.29, 1.82) is 0 Å². The lowest BCUT2D eigenvalue weighted by Crippen LogP contribution is -2.39. The summed E-state index contributed by atoms with van der Waals surface area (Å²) >= 11 is 0. The third-order valence-corrected chi connectivity index (χ3v) is 9.19. The second-order valence-corrected chi connectivity index (χ2v) is 13.1. The van der Waals surface area contributed by atoms with E-state index in [1.165, 1.54) is 0 Å². The molecular formula is C36H44N4O8. The summed E-state index contributed by atoms with van der Waals surface area (Å²) in [4.78, 5) is 67.7. The zero-order valence-corrected chi connectivity index (χ0v) is 28.1. The number of carbonyl (C=O) groups excluding carboxylic acids is 4. The number of hydrogen-bond donors (Lipinski definition) is 3. The Bertz CT molecular complexity index is 1810. The van der Waals surface area contributed by atoms with E-state index in [2.05, 4.69) is 17.6 Å². The van der Waals surface area contributed by atoms with E-state index >= 15 is 0 Å². The number of unbranched alkanes of at least 4 members (excludes halogenated alkanes) is 4. The fourth-order valence-electron chi connectivity index (χ4n) is 6.24. The minimum atomic E-state index is -1.53. The fourth-order valence-corrected chi connectivity index (χ4v) is 6.24. The number of aliphatic hydroxyl groups is 1. The second-order valence-electron chi connectivity index (χ2n) is 13.1. The highest BCUT2D eigenvalue weighted by Gasteiger charge is 2.35. The van der Waals surface area contributed by atoms with Crippen LogP contribution in [0.4, 0.5) is 0 Å². The first-order valence-electron chi connectivity index (χ1n) is 16.8. The maximum Gasteiger partial charge on any atom is 0.340 e. The number of pyridine rings is 2. The van der Waals surface area contributed by atoms with Gasteiger partial charge in [-0.1, -0.05) is 39.5 Å². The molecular weight excluding hydrogens is 616 g/mol. The average Bonchev–Trinajstić information content (AvgIpc) is 3.42. The van der Waals surface area contributed by atoms with Gasteiger partial charge >= 0.3 is 11.9 Å². The molecule has 12 nitrogen and oxygen atoms in total. The number of ether oxygens (including phenoxy) is 2. The molecule has 0 saturated carbocycles. The molecule has 5 rings (SSSR count). The number of nitrogens with zero attached hydrogens (tertiary/aromatic N) is 2. The van der Waals surface area contributed by atoms with Gasteiger partial charge < -0.3 is 29.8 Å². The van der Waals surface area contributed by atoms with Crippen molar-refractivity contribution in [2.24, 2.45) is 5.41 Å². The molecule has 0 fully saturated rings. The predicted octanol–water partition coefficient (Wildman–Crippen LogP) is 3.99. The Labute approximate surface area is 279 Å². The standard InChI is InChI=1S/C36H44N4O8/c1-5-7-8-9-10-11-29(41)38-18-30(42)37-15-14-36(3,4)35(46)48-21-12-13-27-23(16-21)22(6-2)25-19-40-28(31(25)39-27)17-24-26(33(40)44)20-47-34(45)32(24)43/h12-13,16-17,32,43H,5-11,14-15,18-20H2,1-4H3,(H,37,42)(H,38,41). The number of carbonyl (C=O) groups is 4. The van der Waals surface area contributed by atoms with Gasteiger partial charge in [0.2, 0.25) is 11.8 Å². The summed E-state index contributed by atoms with van der Waals surface area (Å²) in [5, 5.41) is 16.6. The number of fused-ring (bicyclic) bond motifs is 5. The maximum absolute atomic E-state index is 13.4. The molecule has 1 unspecified atom stereocenters. The van der Waals surface area contributed by atoms with Gasteiger partial charge in [0.15, 0.2) is 6.10 Å². The zero-order chi connectivity index (χ0) is 34.6. The molecule has 256 valence electrons. The summed E-state index contributed by atoms with van der Waals surface area (Å²) in [6.07, 6.45) is 5.05. The summed E-state index contributed by atoms with van der Waals surface area (Å²) in [7, 11) is 0. The van der Waals surface area contributed by atoms with Crippen molar-refractivity contribution in [3.63, 3.8) is 0 Å². The molecule has 2 aromatic heterocycles. The lowest BCUT2D eigenvalue weighted by Gasteiger charge is -2.23. The minimum Gasteiger partial charge on any atom is -0.458 e. The van der Waals surface area contributed by atoms with Crippen molar-refractivity contribution in [2.75, 3.05) is 13.1 Å². The first-order chi connectivity index (χ1) is 22.9. The van der Waals surface area contributed by atoms with Crippen LogP contribution >= 0.6 is 0 Å². The maximum atomic E-state index is 13.4. The zero-order valence-electron chi connectivity index (χ0n) is 28.1. The number of esters is 2. The molecule has 0 saturated heterocycles. The third kappa shape index (κ3) is 7.28. The molecule has 1 atom stereocenters. The van der Waals surface area contributed by atoms with Gasteiger partial charge in [0.05, 0.1) is 41.0 Å². The molecule has 2 aliphatic heterocycles. The summed E-state index contributed by atoms with van der Waals surface area (Å²) in [5.41, 5.74) is 2.86. The summed E-state index contributed by atoms with van der Waals surface area (Å²) in [6.45, 7) is 7.85. The second kappa shape index (κ2) is 14.7. The van der Waals surface area contributed by atoms with Gasteiger partial charge in [-0.2, -0.15) is 0 Å². The topological polar surface area (TPSA) is 166 Å². The van der Waals surface area contributed by atoms with Crippen LogP contribution in [0.1, 0.15) is 101 Å².